The van der Waals surface area contributed by atoms with Crippen LogP contribution in [0, 0.1) is 6.92 Å². The Kier molecular flexibility index (Phi) is 8.71. The Hall–Kier alpha value is -3.07. The Morgan fingerprint density at radius 2 is 1.76 bits per heavy atom. The van der Waals surface area contributed by atoms with E-state index in [1.165, 1.54) is 7.11 Å². The lowest BCUT2D eigenvalue weighted by molar-refractivity contribution is -0.118. The number of carbonyl (C=O) groups is 3. The number of hydrogen-bond donors (Lipinski definition) is 1. The lowest BCUT2D eigenvalue weighted by atomic mass is 9.98. The standard InChI is InChI=1S/C24H29NO7S/c1-4-30-23(27)20-15(2)21(24(28)32-16-10-6-5-7-11-16)33-22(20)25-19(26)14-31-18-13-9-8-12-17(18)29-3/h8-9,12-13,16H,4-7,10-11,14H2,1-3H3,(H,25,26). The smallest absolute Gasteiger partial charge is 0.348 e. The minimum atomic E-state index is -0.607. The van der Waals surface area contributed by atoms with Gasteiger partial charge in [-0.3, -0.25) is 4.79 Å². The first kappa shape index (κ1) is 24.6. The normalized spacial score (nSPS) is 13.8. The monoisotopic (exact) mass is 475 g/mol. The summed E-state index contributed by atoms with van der Waals surface area (Å²) in [7, 11) is 1.51. The summed E-state index contributed by atoms with van der Waals surface area (Å²) < 4.78 is 21.6. The van der Waals surface area contributed by atoms with Gasteiger partial charge in [-0.25, -0.2) is 9.59 Å². The Bertz CT molecular complexity index is 995. The zero-order valence-corrected chi connectivity index (χ0v) is 19.9. The number of methoxy groups -OCH3 is 1. The van der Waals surface area contributed by atoms with E-state index in [1.807, 2.05) is 0 Å². The third kappa shape index (κ3) is 6.25. The van der Waals surface area contributed by atoms with Gasteiger partial charge < -0.3 is 24.3 Å². The number of anilines is 1. The van der Waals surface area contributed by atoms with Gasteiger partial charge in [0.2, 0.25) is 0 Å². The molecule has 178 valence electrons. The SMILES string of the molecule is CCOC(=O)c1c(NC(=O)COc2ccccc2OC)sc(C(=O)OC2CCCCC2)c1C. The minimum Gasteiger partial charge on any atom is -0.493 e. The summed E-state index contributed by atoms with van der Waals surface area (Å²) in [5, 5.41) is 2.91. The van der Waals surface area contributed by atoms with Crippen molar-refractivity contribution < 1.29 is 33.3 Å². The minimum absolute atomic E-state index is 0.119. The fourth-order valence-electron chi connectivity index (χ4n) is 3.68. The molecule has 1 heterocycles. The largest absolute Gasteiger partial charge is 0.493 e. The molecule has 0 aliphatic heterocycles. The molecule has 3 rings (SSSR count). The van der Waals surface area contributed by atoms with E-state index in [0.29, 0.717) is 17.1 Å². The Morgan fingerprint density at radius 1 is 1.06 bits per heavy atom. The molecule has 0 radical (unpaired) electrons. The first-order chi connectivity index (χ1) is 15.9. The molecule has 1 aromatic carbocycles. The molecule has 1 fully saturated rings. The summed E-state index contributed by atoms with van der Waals surface area (Å²) in [4.78, 5) is 38.3. The molecule has 0 atom stereocenters. The van der Waals surface area contributed by atoms with E-state index >= 15 is 0 Å². The van der Waals surface area contributed by atoms with Crippen LogP contribution in [0.15, 0.2) is 24.3 Å². The molecule has 0 saturated heterocycles. The molecule has 1 amide bonds. The van der Waals surface area contributed by atoms with E-state index in [9.17, 15) is 14.4 Å². The third-order valence-corrected chi connectivity index (χ3v) is 6.51. The molecule has 1 aliphatic rings. The van der Waals surface area contributed by atoms with Gasteiger partial charge in [0.25, 0.3) is 5.91 Å². The van der Waals surface area contributed by atoms with Crippen LogP contribution in [-0.2, 0) is 14.3 Å². The number of esters is 2. The topological polar surface area (TPSA) is 100 Å². The van der Waals surface area contributed by atoms with Gasteiger partial charge in [-0.05, 0) is 57.2 Å². The van der Waals surface area contributed by atoms with Crippen molar-refractivity contribution in [1.82, 2.24) is 0 Å². The number of benzene rings is 1. The van der Waals surface area contributed by atoms with E-state index in [4.69, 9.17) is 18.9 Å². The van der Waals surface area contributed by atoms with E-state index in [-0.39, 0.29) is 34.8 Å². The molecule has 9 heteroatoms. The molecule has 2 aromatic rings. The van der Waals surface area contributed by atoms with Crippen molar-refractivity contribution in [2.75, 3.05) is 25.6 Å². The van der Waals surface area contributed by atoms with Crippen molar-refractivity contribution >= 4 is 34.2 Å². The zero-order valence-electron chi connectivity index (χ0n) is 19.1. The number of amides is 1. The second-order valence-electron chi connectivity index (χ2n) is 7.63. The number of ether oxygens (including phenoxy) is 4. The average Bonchev–Trinajstić information content (AvgIpc) is 3.14. The molecule has 1 aliphatic carbocycles. The van der Waals surface area contributed by atoms with Gasteiger partial charge in [-0.15, -0.1) is 11.3 Å². The molecule has 1 aromatic heterocycles. The fraction of sp³-hybridized carbons (Fsp3) is 0.458. The second-order valence-corrected chi connectivity index (χ2v) is 8.65. The van der Waals surface area contributed by atoms with Crippen molar-refractivity contribution in [2.45, 2.75) is 52.1 Å². The highest BCUT2D eigenvalue weighted by Gasteiger charge is 2.29. The highest BCUT2D eigenvalue weighted by atomic mass is 32.1. The summed E-state index contributed by atoms with van der Waals surface area (Å²) in [6.45, 7) is 3.21. The molecule has 33 heavy (non-hydrogen) atoms. The van der Waals surface area contributed by atoms with Crippen LogP contribution < -0.4 is 14.8 Å². The average molecular weight is 476 g/mol. The molecular formula is C24H29NO7S. The molecule has 0 unspecified atom stereocenters. The molecule has 1 saturated carbocycles. The number of thiophene rings is 1. The maximum atomic E-state index is 12.8. The van der Waals surface area contributed by atoms with Crippen LogP contribution in [0.4, 0.5) is 5.00 Å². The quantitative estimate of drug-likeness (QED) is 0.523. The van der Waals surface area contributed by atoms with Gasteiger partial charge in [0.1, 0.15) is 16.0 Å². The van der Waals surface area contributed by atoms with Crippen molar-refractivity contribution in [1.29, 1.82) is 0 Å². The van der Waals surface area contributed by atoms with Crippen LogP contribution in [-0.4, -0.2) is 44.3 Å². The summed E-state index contributed by atoms with van der Waals surface area (Å²) in [5.74, 6) is -0.665. The lowest BCUT2D eigenvalue weighted by Gasteiger charge is -2.21. The second kappa shape index (κ2) is 11.7. The highest BCUT2D eigenvalue weighted by Crippen LogP contribution is 2.35. The lowest BCUT2D eigenvalue weighted by Crippen LogP contribution is -2.21. The number of para-hydroxylation sites is 2. The van der Waals surface area contributed by atoms with Crippen molar-refractivity contribution in [3.63, 3.8) is 0 Å². The summed E-state index contributed by atoms with van der Waals surface area (Å²) >= 11 is 1.01. The van der Waals surface area contributed by atoms with Crippen molar-refractivity contribution in [3.05, 3.63) is 40.3 Å². The predicted molar refractivity (Wildman–Crippen MR) is 124 cm³/mol. The zero-order chi connectivity index (χ0) is 23.8. The molecule has 0 spiro atoms. The van der Waals surface area contributed by atoms with Gasteiger partial charge >= 0.3 is 11.9 Å². The molecule has 0 bridgehead atoms. The van der Waals surface area contributed by atoms with E-state index in [1.54, 1.807) is 38.1 Å². The van der Waals surface area contributed by atoms with Crippen LogP contribution >= 0.6 is 11.3 Å². The van der Waals surface area contributed by atoms with Crippen LogP contribution in [0.25, 0.3) is 0 Å². The maximum absolute atomic E-state index is 12.8. The number of rotatable bonds is 9. The maximum Gasteiger partial charge on any atom is 0.348 e. The van der Waals surface area contributed by atoms with Gasteiger partial charge in [0.15, 0.2) is 18.1 Å². The Labute approximate surface area is 197 Å². The first-order valence-corrected chi connectivity index (χ1v) is 11.8. The Balaban J connectivity index is 1.76. The molecule has 1 N–H and O–H groups in total. The van der Waals surface area contributed by atoms with E-state index < -0.39 is 17.8 Å². The summed E-state index contributed by atoms with van der Waals surface area (Å²) in [6.07, 6.45) is 4.76. The highest BCUT2D eigenvalue weighted by molar-refractivity contribution is 7.18. The predicted octanol–water partition coefficient (Wildman–Crippen LogP) is 4.75. The fourth-order valence-corrected chi connectivity index (χ4v) is 4.77. The number of hydrogen-bond acceptors (Lipinski definition) is 8. The van der Waals surface area contributed by atoms with E-state index in [0.717, 1.165) is 43.4 Å². The summed E-state index contributed by atoms with van der Waals surface area (Å²) in [6, 6.07) is 6.96. The van der Waals surface area contributed by atoms with E-state index in [2.05, 4.69) is 5.32 Å². The Morgan fingerprint density at radius 3 is 2.42 bits per heavy atom. The summed E-state index contributed by atoms with van der Waals surface area (Å²) in [5.41, 5.74) is 0.586. The van der Waals surface area contributed by atoms with Crippen LogP contribution in [0.1, 0.15) is 64.6 Å². The van der Waals surface area contributed by atoms with Gasteiger partial charge in [-0.1, -0.05) is 18.6 Å². The van der Waals surface area contributed by atoms with Gasteiger partial charge in [-0.2, -0.15) is 0 Å². The van der Waals surface area contributed by atoms with Gasteiger partial charge in [0.05, 0.1) is 19.3 Å². The first-order valence-electron chi connectivity index (χ1n) is 11.0. The van der Waals surface area contributed by atoms with Crippen molar-refractivity contribution in [3.8, 4) is 11.5 Å². The third-order valence-electron chi connectivity index (χ3n) is 5.32. The number of carbonyl (C=O) groups excluding carboxylic acids is 3. The van der Waals surface area contributed by atoms with Crippen LogP contribution in [0.5, 0.6) is 11.5 Å². The molecule has 8 nitrogen and oxygen atoms in total. The van der Waals surface area contributed by atoms with Crippen molar-refractivity contribution in [2.24, 2.45) is 0 Å². The number of nitrogens with one attached hydrogen (secondary N) is 1. The van der Waals surface area contributed by atoms with Crippen LogP contribution in [0.3, 0.4) is 0 Å². The van der Waals surface area contributed by atoms with Gasteiger partial charge in [0, 0.05) is 0 Å². The van der Waals surface area contributed by atoms with Crippen LogP contribution in [0.2, 0.25) is 0 Å². The molecular weight excluding hydrogens is 446 g/mol.